The third-order valence-electron chi connectivity index (χ3n) is 8.34. The minimum atomic E-state index is -1.07. The van der Waals surface area contributed by atoms with Crippen LogP contribution in [0.15, 0.2) is 18.0 Å². The average Bonchev–Trinajstić information content (AvgIpc) is 3.65. The molecule has 40 heavy (non-hydrogen) atoms. The van der Waals surface area contributed by atoms with E-state index in [0.29, 0.717) is 34.6 Å². The van der Waals surface area contributed by atoms with E-state index in [4.69, 9.17) is 25.0 Å². The topological polar surface area (TPSA) is 99.8 Å². The van der Waals surface area contributed by atoms with Gasteiger partial charge in [0.1, 0.15) is 5.92 Å². The molecule has 3 aliphatic rings. The number of carbonyl (C=O) groups is 2. The minimum Gasteiger partial charge on any atom is -0.664 e. The van der Waals surface area contributed by atoms with Gasteiger partial charge in [0.05, 0.1) is 7.11 Å². The van der Waals surface area contributed by atoms with Crippen LogP contribution in [0, 0.1) is 32.6 Å². The first-order valence-corrected chi connectivity index (χ1v) is 13.3. The number of fused-ring (bicyclic) bond motifs is 7. The van der Waals surface area contributed by atoms with E-state index in [0.717, 1.165) is 62.0 Å². The quantitative estimate of drug-likeness (QED) is 0.286. The summed E-state index contributed by atoms with van der Waals surface area (Å²) in [6.45, 7) is 14.2. The molecule has 6 rings (SSSR count). The Morgan fingerprint density at radius 1 is 1.02 bits per heavy atom. The Morgan fingerprint density at radius 2 is 1.73 bits per heavy atom. The number of ether oxygens (including phenoxy) is 1. The Labute approximate surface area is 249 Å². The van der Waals surface area contributed by atoms with E-state index in [1.165, 1.54) is 7.11 Å². The zero-order valence-corrected chi connectivity index (χ0v) is 25.2. The minimum absolute atomic E-state index is 0. The molecule has 0 saturated carbocycles. The van der Waals surface area contributed by atoms with Crippen molar-refractivity contribution in [2.75, 3.05) is 7.11 Å². The number of hydrogen-bond acceptors (Lipinski definition) is 3. The summed E-state index contributed by atoms with van der Waals surface area (Å²) in [4.78, 5) is 41.5. The molecule has 0 aromatic carbocycles. The number of allylic oxidation sites excluding steroid dienone is 2. The van der Waals surface area contributed by atoms with Gasteiger partial charge in [-0.3, -0.25) is 9.59 Å². The van der Waals surface area contributed by atoms with E-state index in [2.05, 4.69) is 27.4 Å². The molecule has 5 heterocycles. The van der Waals surface area contributed by atoms with Crippen molar-refractivity contribution in [3.05, 3.63) is 90.1 Å². The van der Waals surface area contributed by atoms with Gasteiger partial charge >= 0.3 is 29.0 Å². The van der Waals surface area contributed by atoms with Gasteiger partial charge in [0.2, 0.25) is 0 Å². The van der Waals surface area contributed by atoms with Crippen molar-refractivity contribution in [2.45, 2.75) is 47.5 Å². The predicted octanol–water partition coefficient (Wildman–Crippen LogP) is 3.43. The van der Waals surface area contributed by atoms with Gasteiger partial charge in [0.15, 0.2) is 5.78 Å². The zero-order valence-electron chi connectivity index (χ0n) is 23.8. The number of rotatable bonds is 3. The van der Waals surface area contributed by atoms with Gasteiger partial charge in [-0.2, -0.15) is 11.4 Å². The van der Waals surface area contributed by atoms with E-state index in [-0.39, 0.29) is 34.8 Å². The number of methoxy groups -OCH3 is 1. The molecule has 2 aliphatic heterocycles. The maximum absolute atomic E-state index is 13.7. The van der Waals surface area contributed by atoms with Gasteiger partial charge in [-0.25, -0.2) is 0 Å². The summed E-state index contributed by atoms with van der Waals surface area (Å²) < 4.78 is 5.08. The molecule has 0 radical (unpaired) electrons. The van der Waals surface area contributed by atoms with Crippen LogP contribution in [0.4, 0.5) is 0 Å². The molecule has 3 aromatic rings. The van der Waals surface area contributed by atoms with Crippen LogP contribution < -0.4 is 25.7 Å². The molecule has 2 atom stereocenters. The van der Waals surface area contributed by atoms with Crippen molar-refractivity contribution in [3.8, 4) is 0 Å². The second-order valence-electron chi connectivity index (χ2n) is 10.6. The van der Waals surface area contributed by atoms with Crippen molar-refractivity contribution in [3.63, 3.8) is 0 Å². The molecule has 1 saturated heterocycles. The molecule has 7 nitrogen and oxygen atoms in total. The maximum Gasteiger partial charge on any atom is 2.00 e. The largest absolute Gasteiger partial charge is 2.00 e. The number of Topliss-reactive ketones (excluding diaryl/α,β-unsaturated/α-hetero) is 1. The summed E-state index contributed by atoms with van der Waals surface area (Å²) in [5, 5.41) is 6.65. The Bertz CT molecular complexity index is 1790. The molecule has 0 N–H and O–H groups in total. The van der Waals surface area contributed by atoms with Crippen molar-refractivity contribution < 1.29 is 14.3 Å². The Morgan fingerprint density at radius 3 is 2.40 bits per heavy atom. The number of nitrogens with zero attached hydrogens (tertiary/aromatic N) is 4. The zero-order chi connectivity index (χ0) is 27.7. The van der Waals surface area contributed by atoms with E-state index < -0.39 is 11.9 Å². The summed E-state index contributed by atoms with van der Waals surface area (Å²) in [6.07, 6.45) is 9.27. The Kier molecular flexibility index (Phi) is 7.12. The van der Waals surface area contributed by atoms with Crippen LogP contribution in [0.5, 0.6) is 0 Å². The van der Waals surface area contributed by atoms with Crippen LogP contribution in [0.25, 0.3) is 35.2 Å². The number of ketones is 1. The standard InChI is InChI=1S/C32H31N4O3.Mg/c1-8-19-15(4)21-11-18-10-14(3)29(33-18)27-28(32(38)39-7)31(37)26-17(6)23(36-30(26)27)13-25-20(9-2)16(5)22(35-25)12-24(19)34-21;/h8,11-14,28H,1,9-10H2,2-7H3,(H-,33,36,37);/q-3;+2/p-1/b18-11-,22-12-,25-13-;/t14-,28+;/m0./s1. The summed E-state index contributed by atoms with van der Waals surface area (Å²) in [5.74, 6) is -1.94. The molecule has 1 fully saturated rings. The first-order chi connectivity index (χ1) is 18.7. The second kappa shape index (κ2) is 10.2. The van der Waals surface area contributed by atoms with E-state index in [9.17, 15) is 9.59 Å². The molecule has 0 amide bonds. The maximum atomic E-state index is 13.7. The molecule has 3 aromatic heterocycles. The first kappa shape index (κ1) is 28.0. The number of carbonyl (C=O) groups excluding carboxylic acids is 2. The second-order valence-corrected chi connectivity index (χ2v) is 10.6. The van der Waals surface area contributed by atoms with Crippen LogP contribution in [-0.2, 0) is 16.0 Å². The molecule has 200 valence electrons. The number of hydrogen-bond donors (Lipinski definition) is 0. The van der Waals surface area contributed by atoms with Gasteiger partial charge in [-0.15, -0.1) is 33.5 Å². The fraction of sp³-hybridized carbons (Fsp3) is 0.312. The number of esters is 1. The van der Waals surface area contributed by atoms with Gasteiger partial charge in [-0.1, -0.05) is 72.6 Å². The summed E-state index contributed by atoms with van der Waals surface area (Å²) in [7, 11) is 1.31. The van der Waals surface area contributed by atoms with Gasteiger partial charge in [0, 0.05) is 5.56 Å². The van der Waals surface area contributed by atoms with Crippen molar-refractivity contribution in [2.24, 2.45) is 11.8 Å². The third-order valence-corrected chi connectivity index (χ3v) is 8.34. The molecular formula is C32H30MgN4O3-2. The van der Waals surface area contributed by atoms with Crippen molar-refractivity contribution in [1.29, 1.82) is 0 Å². The fourth-order valence-electron chi connectivity index (χ4n) is 6.23. The number of aromatic nitrogens is 3. The van der Waals surface area contributed by atoms with Crippen LogP contribution >= 0.6 is 0 Å². The normalized spacial score (nSPS) is 23.8. The monoisotopic (exact) mass is 542 g/mol. The summed E-state index contributed by atoms with van der Waals surface area (Å²) in [5.41, 5.74) is 10.4. The van der Waals surface area contributed by atoms with Crippen molar-refractivity contribution >= 4 is 64.7 Å². The van der Waals surface area contributed by atoms with Gasteiger partial charge in [-0.05, 0) is 45.1 Å². The van der Waals surface area contributed by atoms with Crippen LogP contribution in [-0.4, -0.2) is 41.9 Å². The van der Waals surface area contributed by atoms with Gasteiger partial charge < -0.3 is 25.0 Å². The molecule has 0 unspecified atom stereocenters. The molecule has 8 bridgehead atoms. The van der Waals surface area contributed by atoms with Crippen LogP contribution in [0.2, 0.25) is 0 Å². The van der Waals surface area contributed by atoms with Crippen LogP contribution in [0.1, 0.15) is 81.2 Å². The van der Waals surface area contributed by atoms with Crippen LogP contribution in [0.3, 0.4) is 0 Å². The first-order valence-electron chi connectivity index (χ1n) is 13.3. The average molecular weight is 543 g/mol. The molecular weight excluding hydrogens is 513 g/mol. The Balaban J connectivity index is 0.00000323. The van der Waals surface area contributed by atoms with E-state index in [1.807, 2.05) is 38.2 Å². The van der Waals surface area contributed by atoms with Crippen molar-refractivity contribution in [1.82, 2.24) is 15.0 Å². The van der Waals surface area contributed by atoms with E-state index in [1.54, 1.807) is 0 Å². The summed E-state index contributed by atoms with van der Waals surface area (Å²) >= 11 is 0. The van der Waals surface area contributed by atoms with E-state index >= 15 is 0 Å². The summed E-state index contributed by atoms with van der Waals surface area (Å²) in [6, 6.07) is 0. The smallest absolute Gasteiger partial charge is 0.664 e. The predicted molar refractivity (Wildman–Crippen MR) is 157 cm³/mol. The third kappa shape index (κ3) is 3.99. The fourth-order valence-corrected chi connectivity index (χ4v) is 6.23. The Hall–Kier alpha value is -3.49. The SMILES string of the molecule is C=Cc1c2[n-]c(c1C)/C=C1/C[C@H](C)/C(=C3/c4[n-]c(c(C)c4C(=O)[C@@H]3C(=O)OC)/C=c3\[n-]/c(c(C)c3CC)=C\2)[N-]1.[Mg+2]. The molecule has 8 heteroatoms. The van der Waals surface area contributed by atoms with Gasteiger partial charge in [0.25, 0.3) is 0 Å². The molecule has 1 aliphatic carbocycles. The molecule has 0 spiro atoms.